The summed E-state index contributed by atoms with van der Waals surface area (Å²) in [4.78, 5) is 28.7. The van der Waals surface area contributed by atoms with Crippen LogP contribution in [0.15, 0.2) is 36.4 Å². The van der Waals surface area contributed by atoms with Gasteiger partial charge in [-0.2, -0.15) is 12.7 Å². The second-order valence-corrected chi connectivity index (χ2v) is 12.5. The van der Waals surface area contributed by atoms with Crippen molar-refractivity contribution in [1.29, 1.82) is 0 Å². The number of nitrogens with zero attached hydrogens (tertiary/aromatic N) is 3. The van der Waals surface area contributed by atoms with Gasteiger partial charge in [0, 0.05) is 36.7 Å². The molecule has 0 aromatic heterocycles. The predicted octanol–water partition coefficient (Wildman–Crippen LogP) is 4.95. The zero-order valence-corrected chi connectivity index (χ0v) is 25.4. The Bertz CT molecular complexity index is 1250. The van der Waals surface area contributed by atoms with Crippen LogP contribution in [-0.4, -0.2) is 62.2 Å². The first-order chi connectivity index (χ1) is 17.7. The summed E-state index contributed by atoms with van der Waals surface area (Å²) in [6.45, 7) is 8.80. The van der Waals surface area contributed by atoms with E-state index in [2.05, 4.69) is 5.32 Å². The largest absolute Gasteiger partial charge is 0.352 e. The van der Waals surface area contributed by atoms with Crippen molar-refractivity contribution in [3.05, 3.63) is 63.1 Å². The maximum Gasteiger partial charge on any atom is 0.304 e. The van der Waals surface area contributed by atoms with Gasteiger partial charge in [0.2, 0.25) is 11.8 Å². The van der Waals surface area contributed by atoms with E-state index in [0.29, 0.717) is 33.3 Å². The number of nitrogens with one attached hydrogen (secondary N) is 1. The summed E-state index contributed by atoms with van der Waals surface area (Å²) in [5.41, 5.74) is 2.53. The van der Waals surface area contributed by atoms with Crippen molar-refractivity contribution >= 4 is 50.9 Å². The van der Waals surface area contributed by atoms with Gasteiger partial charge in [0.1, 0.15) is 12.6 Å². The van der Waals surface area contributed by atoms with Gasteiger partial charge in [-0.3, -0.25) is 9.59 Å². The Morgan fingerprint density at radius 1 is 1.00 bits per heavy atom. The van der Waals surface area contributed by atoms with Gasteiger partial charge in [0.15, 0.2) is 0 Å². The highest BCUT2D eigenvalue weighted by Gasteiger charge is 2.34. The second kappa shape index (κ2) is 13.6. The molecule has 11 heteroatoms. The summed E-state index contributed by atoms with van der Waals surface area (Å²) >= 11 is 12.5. The number of carbonyl (C=O) groups excluding carboxylic acids is 2. The molecule has 2 atom stereocenters. The van der Waals surface area contributed by atoms with E-state index < -0.39 is 28.7 Å². The third-order valence-corrected chi connectivity index (χ3v) is 8.79. The number of amides is 2. The minimum absolute atomic E-state index is 0.00389. The molecule has 0 bridgehead atoms. The molecule has 0 aliphatic rings. The number of aryl methyl sites for hydroxylation is 2. The van der Waals surface area contributed by atoms with E-state index in [-0.39, 0.29) is 18.5 Å². The molecule has 2 aromatic rings. The summed E-state index contributed by atoms with van der Waals surface area (Å²) in [5, 5.41) is 3.74. The van der Waals surface area contributed by atoms with Crippen molar-refractivity contribution in [2.75, 3.05) is 24.9 Å². The quantitative estimate of drug-likeness (QED) is 0.382. The Hall–Kier alpha value is -2.33. The molecule has 2 rings (SSSR count). The summed E-state index contributed by atoms with van der Waals surface area (Å²) < 4.78 is 29.0. The van der Waals surface area contributed by atoms with Crippen LogP contribution in [0.1, 0.15) is 50.3 Å². The van der Waals surface area contributed by atoms with Gasteiger partial charge in [-0.15, -0.1) is 0 Å². The number of halogens is 2. The molecular weight excluding hydrogens is 547 g/mol. The Balaban J connectivity index is 2.59. The molecule has 210 valence electrons. The topological polar surface area (TPSA) is 90.0 Å². The zero-order chi connectivity index (χ0) is 28.8. The fourth-order valence-electron chi connectivity index (χ4n) is 3.88. The molecule has 38 heavy (non-hydrogen) atoms. The van der Waals surface area contributed by atoms with Gasteiger partial charge in [-0.1, -0.05) is 55.2 Å². The average Bonchev–Trinajstić information content (AvgIpc) is 2.84. The molecule has 2 amide bonds. The number of anilines is 1. The standard InChI is InChI=1S/C27H38Cl2N4O4S/c1-8-20(5)30-27(35)24(9-2)32(16-21-12-13-22(28)15-23(21)29)26(34)17-33(38(36,37)31(6)7)25-14-18(3)10-11-19(25)4/h10-15,20,24H,8-9,16-17H2,1-7H3,(H,30,35)/t20-,24-/m1/s1. The predicted molar refractivity (Wildman–Crippen MR) is 155 cm³/mol. The molecule has 0 aliphatic carbocycles. The highest BCUT2D eigenvalue weighted by Crippen LogP contribution is 2.27. The first kappa shape index (κ1) is 31.9. The van der Waals surface area contributed by atoms with Crippen LogP contribution in [0.2, 0.25) is 10.0 Å². The van der Waals surface area contributed by atoms with E-state index in [4.69, 9.17) is 23.2 Å². The first-order valence-corrected chi connectivity index (χ1v) is 14.7. The Kier molecular flexibility index (Phi) is 11.4. The molecule has 2 aromatic carbocycles. The summed E-state index contributed by atoms with van der Waals surface area (Å²) in [6, 6.07) is 9.42. The fourth-order valence-corrected chi connectivity index (χ4v) is 5.47. The van der Waals surface area contributed by atoms with Crippen LogP contribution in [0.5, 0.6) is 0 Å². The van der Waals surface area contributed by atoms with Gasteiger partial charge < -0.3 is 10.2 Å². The first-order valence-electron chi connectivity index (χ1n) is 12.5. The summed E-state index contributed by atoms with van der Waals surface area (Å²) in [7, 11) is -1.22. The number of rotatable bonds is 12. The van der Waals surface area contributed by atoms with Crippen LogP contribution >= 0.6 is 23.2 Å². The molecule has 1 N–H and O–H groups in total. The van der Waals surface area contributed by atoms with Crippen LogP contribution in [0.3, 0.4) is 0 Å². The Morgan fingerprint density at radius 3 is 2.21 bits per heavy atom. The molecule has 0 spiro atoms. The van der Waals surface area contributed by atoms with Gasteiger partial charge >= 0.3 is 10.2 Å². The number of hydrogen-bond acceptors (Lipinski definition) is 4. The maximum absolute atomic E-state index is 14.0. The monoisotopic (exact) mass is 584 g/mol. The molecule has 0 heterocycles. The maximum atomic E-state index is 14.0. The highest BCUT2D eigenvalue weighted by atomic mass is 35.5. The van der Waals surface area contributed by atoms with Crippen LogP contribution in [0.4, 0.5) is 5.69 Å². The van der Waals surface area contributed by atoms with E-state index in [1.165, 1.54) is 19.0 Å². The minimum atomic E-state index is -4.05. The van der Waals surface area contributed by atoms with E-state index in [1.54, 1.807) is 31.2 Å². The third kappa shape index (κ3) is 7.85. The third-order valence-electron chi connectivity index (χ3n) is 6.39. The molecule has 8 nitrogen and oxygen atoms in total. The van der Waals surface area contributed by atoms with Gasteiger partial charge in [-0.05, 0) is 68.5 Å². The van der Waals surface area contributed by atoms with Crippen LogP contribution in [0, 0.1) is 13.8 Å². The lowest BCUT2D eigenvalue weighted by molar-refractivity contribution is -0.140. The van der Waals surface area contributed by atoms with Crippen molar-refractivity contribution in [2.24, 2.45) is 0 Å². The molecule has 0 saturated carbocycles. The van der Waals surface area contributed by atoms with Crippen LogP contribution in [0.25, 0.3) is 0 Å². The molecule has 0 fully saturated rings. The van der Waals surface area contributed by atoms with E-state index in [1.807, 2.05) is 39.8 Å². The number of hydrogen-bond donors (Lipinski definition) is 1. The van der Waals surface area contributed by atoms with E-state index in [0.717, 1.165) is 20.6 Å². The van der Waals surface area contributed by atoms with E-state index in [9.17, 15) is 18.0 Å². The molecule has 0 saturated heterocycles. The molecule has 0 unspecified atom stereocenters. The molecule has 0 aliphatic heterocycles. The lowest BCUT2D eigenvalue weighted by Crippen LogP contribution is -2.54. The lowest BCUT2D eigenvalue weighted by atomic mass is 10.1. The smallest absolute Gasteiger partial charge is 0.304 e. The van der Waals surface area contributed by atoms with Gasteiger partial charge in [0.25, 0.3) is 0 Å². The summed E-state index contributed by atoms with van der Waals surface area (Å²) in [6.07, 6.45) is 1.05. The van der Waals surface area contributed by atoms with Crippen molar-refractivity contribution in [3.8, 4) is 0 Å². The van der Waals surface area contributed by atoms with Crippen LogP contribution < -0.4 is 9.62 Å². The fraction of sp³-hybridized carbons (Fsp3) is 0.481. The summed E-state index contributed by atoms with van der Waals surface area (Å²) in [5.74, 6) is -0.845. The average molecular weight is 586 g/mol. The van der Waals surface area contributed by atoms with Gasteiger partial charge in [-0.25, -0.2) is 4.31 Å². The molecule has 0 radical (unpaired) electrons. The second-order valence-electron chi connectivity index (χ2n) is 9.59. The highest BCUT2D eigenvalue weighted by molar-refractivity contribution is 7.90. The van der Waals surface area contributed by atoms with Crippen LogP contribution in [-0.2, 0) is 26.3 Å². The molecular formula is C27H38Cl2N4O4S. The van der Waals surface area contributed by atoms with Crippen molar-refractivity contribution < 1.29 is 18.0 Å². The number of benzene rings is 2. The lowest BCUT2D eigenvalue weighted by Gasteiger charge is -2.35. The van der Waals surface area contributed by atoms with Crippen molar-refractivity contribution in [3.63, 3.8) is 0 Å². The normalized spacial score (nSPS) is 13.2. The number of carbonyl (C=O) groups is 2. The Morgan fingerprint density at radius 2 is 1.66 bits per heavy atom. The van der Waals surface area contributed by atoms with E-state index >= 15 is 0 Å². The van der Waals surface area contributed by atoms with Gasteiger partial charge in [0.05, 0.1) is 5.69 Å². The van der Waals surface area contributed by atoms with Crippen molar-refractivity contribution in [1.82, 2.24) is 14.5 Å². The SMILES string of the molecule is CC[C@@H](C)NC(=O)[C@@H](CC)N(Cc1ccc(Cl)cc1Cl)C(=O)CN(c1cc(C)ccc1C)S(=O)(=O)N(C)C. The van der Waals surface area contributed by atoms with Crippen molar-refractivity contribution in [2.45, 2.75) is 66.1 Å². The Labute approximate surface area is 237 Å². The zero-order valence-electron chi connectivity index (χ0n) is 23.1. The minimum Gasteiger partial charge on any atom is -0.352 e.